The number of nitrogens with two attached hydrogens (primary N) is 1. The van der Waals surface area contributed by atoms with Crippen LogP contribution in [0.3, 0.4) is 0 Å². The molecule has 12 rings (SSSR count). The third kappa shape index (κ3) is 10.1. The number of ketones is 2. The van der Waals surface area contributed by atoms with Gasteiger partial charge in [0.2, 0.25) is 0 Å². The fourth-order valence-corrected chi connectivity index (χ4v) is 14.0. The van der Waals surface area contributed by atoms with E-state index in [1.807, 2.05) is 20.0 Å². The van der Waals surface area contributed by atoms with Gasteiger partial charge >= 0.3 is 18.5 Å². The van der Waals surface area contributed by atoms with Crippen molar-refractivity contribution in [1.82, 2.24) is 24.9 Å². The molecule has 8 bridgehead atoms. The second kappa shape index (κ2) is 19.8. The molecule has 67 heavy (non-hydrogen) atoms. The van der Waals surface area contributed by atoms with Crippen molar-refractivity contribution >= 4 is 29.5 Å². The number of nitrogens with one attached hydrogen (secondary N) is 1. The van der Waals surface area contributed by atoms with Gasteiger partial charge in [-0.3, -0.25) is 14.4 Å². The number of carbonyl (C=O) groups excluding carboxylic acids is 5. The minimum absolute atomic E-state index is 0.00626. The zero-order chi connectivity index (χ0) is 47.0. The highest BCUT2D eigenvalue weighted by molar-refractivity contribution is 5.99. The second-order valence-electron chi connectivity index (χ2n) is 20.9. The number of alkyl halides is 2. The fourth-order valence-electron chi connectivity index (χ4n) is 14.0. The summed E-state index contributed by atoms with van der Waals surface area (Å²) in [7, 11) is 0. The van der Waals surface area contributed by atoms with Crippen LogP contribution < -0.4 is 11.1 Å². The highest BCUT2D eigenvalue weighted by Crippen LogP contribution is 2.59. The Hall–Kier alpha value is -4.61. The summed E-state index contributed by atoms with van der Waals surface area (Å²) in [6.07, 6.45) is 10.2. The van der Waals surface area contributed by atoms with Crippen LogP contribution in [0.5, 0.6) is 0 Å². The van der Waals surface area contributed by atoms with Gasteiger partial charge in [-0.2, -0.15) is 8.78 Å². The molecule has 2 aliphatic heterocycles. The highest BCUT2D eigenvalue weighted by Gasteiger charge is 2.57. The molecule has 2 aromatic rings. The van der Waals surface area contributed by atoms with Crippen LogP contribution in [0, 0.1) is 47.1 Å². The third-order valence-corrected chi connectivity index (χ3v) is 16.4. The molecule has 2 heterocycles. The first-order valence-electron chi connectivity index (χ1n) is 24.4. The molecule has 8 saturated carbocycles. The van der Waals surface area contributed by atoms with Crippen LogP contribution in [0.4, 0.5) is 27.2 Å². The third-order valence-electron chi connectivity index (χ3n) is 16.4. The van der Waals surface area contributed by atoms with Crippen LogP contribution >= 0.6 is 0 Å². The summed E-state index contributed by atoms with van der Waals surface area (Å²) in [6, 6.07) is 8.43. The molecule has 0 radical (unpaired) electrons. The highest BCUT2D eigenvalue weighted by atomic mass is 19.3. The summed E-state index contributed by atoms with van der Waals surface area (Å²) in [4.78, 5) is 70.3. The Morgan fingerprint density at radius 1 is 0.612 bits per heavy atom. The van der Waals surface area contributed by atoms with E-state index in [0.29, 0.717) is 99.2 Å². The lowest BCUT2D eigenvalue weighted by Crippen LogP contribution is -2.64. The van der Waals surface area contributed by atoms with Gasteiger partial charge in [-0.25, -0.2) is 18.4 Å². The summed E-state index contributed by atoms with van der Waals surface area (Å²) in [6.45, 7) is 3.77. The average Bonchev–Trinajstić information content (AvgIpc) is 3.31. The van der Waals surface area contributed by atoms with Crippen LogP contribution in [0.1, 0.15) is 109 Å². The number of Topliss-reactive ketones (excluding diaryl/α,β-unsaturated/α-hetero) is 2. The number of carbonyl (C=O) groups is 5. The maximum atomic E-state index is 15.2. The van der Waals surface area contributed by atoms with Crippen molar-refractivity contribution in [2.24, 2.45) is 41.2 Å². The zero-order valence-electron chi connectivity index (χ0n) is 38.2. The van der Waals surface area contributed by atoms with Crippen LogP contribution in [0.25, 0.3) is 0 Å². The number of hydrogen-bond donors (Lipinski definition) is 2. The monoisotopic (exact) mass is 936 g/mol. The largest absolute Gasteiger partial charge is 0.378 e. The maximum Gasteiger partial charge on any atom is 0.320 e. The van der Waals surface area contributed by atoms with Gasteiger partial charge in [-0.1, -0.05) is 24.3 Å². The molecule has 0 spiro atoms. The number of rotatable bonds is 12. The molecule has 3 N–H and O–H groups in total. The number of nitrogens with zero attached hydrogens (tertiary/aromatic N) is 4. The number of morpholine rings is 2. The quantitative estimate of drug-likeness (QED) is 0.174. The number of halogens is 4. The Labute approximate surface area is 389 Å². The first kappa shape index (κ1) is 47.5. The predicted octanol–water partition coefficient (Wildman–Crippen LogP) is 6.80. The molecule has 8 aliphatic carbocycles. The van der Waals surface area contributed by atoms with Gasteiger partial charge in [0, 0.05) is 59.5 Å². The first-order chi connectivity index (χ1) is 32.2. The lowest BCUT2D eigenvalue weighted by atomic mass is 9.52. The van der Waals surface area contributed by atoms with Crippen molar-refractivity contribution in [3.05, 3.63) is 70.3 Å². The number of amides is 5. The average molecular weight is 937 g/mol. The summed E-state index contributed by atoms with van der Waals surface area (Å²) >= 11 is 0. The molecule has 0 atom stereocenters. The molecule has 17 heteroatoms. The molecule has 0 unspecified atom stereocenters. The van der Waals surface area contributed by atoms with Gasteiger partial charge in [0.25, 0.3) is 5.91 Å². The van der Waals surface area contributed by atoms with Crippen molar-refractivity contribution in [1.29, 1.82) is 0 Å². The number of ether oxygens (including phenoxy) is 2. The van der Waals surface area contributed by atoms with Gasteiger partial charge in [0.1, 0.15) is 11.6 Å². The maximum absolute atomic E-state index is 15.2. The number of urea groups is 2. The van der Waals surface area contributed by atoms with Crippen molar-refractivity contribution in [2.75, 3.05) is 65.7 Å². The molecular formula is C50H64F4N6O7. The summed E-state index contributed by atoms with van der Waals surface area (Å²) < 4.78 is 65.9. The van der Waals surface area contributed by atoms with E-state index in [2.05, 4.69) is 0 Å². The van der Waals surface area contributed by atoms with E-state index >= 15 is 8.78 Å². The molecule has 364 valence electrons. The molecule has 5 amide bonds. The van der Waals surface area contributed by atoms with Crippen molar-refractivity contribution in [3.63, 3.8) is 0 Å². The van der Waals surface area contributed by atoms with E-state index in [0.717, 1.165) is 44.6 Å². The molecule has 2 aromatic carbocycles. The van der Waals surface area contributed by atoms with Crippen LogP contribution in [0.15, 0.2) is 36.4 Å². The van der Waals surface area contributed by atoms with E-state index in [1.54, 1.807) is 17.0 Å². The van der Waals surface area contributed by atoms with Crippen molar-refractivity contribution in [2.45, 2.75) is 108 Å². The SMILES string of the molecule is NCC(=O)c1ccc(CN(C(=O)N2CCOCC2)C23CC4CC(CC(C4)C2)C3)c(F)c1.O=C(CNC(=O)C(F)F)c1ccc(CN(C(=O)N2CCOCC2)C23CC4CC(CC(C4)C2)C3)c(F)c1. The molecule has 0 aromatic heterocycles. The molecular weight excluding hydrogens is 873 g/mol. The van der Waals surface area contributed by atoms with E-state index in [9.17, 15) is 32.8 Å². The lowest BCUT2D eigenvalue weighted by Gasteiger charge is -2.60. The molecule has 10 fully saturated rings. The second-order valence-corrected chi connectivity index (χ2v) is 20.9. The molecule has 10 aliphatic rings. The van der Waals surface area contributed by atoms with Gasteiger partial charge in [0.05, 0.1) is 52.6 Å². The molecule has 2 saturated heterocycles. The van der Waals surface area contributed by atoms with E-state index < -0.39 is 36.3 Å². The van der Waals surface area contributed by atoms with E-state index in [-0.39, 0.29) is 59.7 Å². The Morgan fingerprint density at radius 2 is 0.970 bits per heavy atom. The van der Waals surface area contributed by atoms with E-state index in [1.165, 1.54) is 56.7 Å². The number of hydrogen-bond acceptors (Lipinski definition) is 8. The minimum Gasteiger partial charge on any atom is -0.378 e. The van der Waals surface area contributed by atoms with Crippen LogP contribution in [-0.4, -0.2) is 132 Å². The minimum atomic E-state index is -3.23. The van der Waals surface area contributed by atoms with Gasteiger partial charge in [-0.05, 0) is 125 Å². The fraction of sp³-hybridized carbons (Fsp3) is 0.660. The zero-order valence-corrected chi connectivity index (χ0v) is 38.2. The first-order valence-corrected chi connectivity index (χ1v) is 24.4. The molecule has 13 nitrogen and oxygen atoms in total. The Kier molecular flexibility index (Phi) is 14.0. The van der Waals surface area contributed by atoms with Gasteiger partial charge in [0.15, 0.2) is 11.6 Å². The van der Waals surface area contributed by atoms with Crippen LogP contribution in [0.2, 0.25) is 0 Å². The predicted molar refractivity (Wildman–Crippen MR) is 238 cm³/mol. The number of benzene rings is 2. The Balaban J connectivity index is 0.000000170. The Morgan fingerprint density at radius 3 is 1.30 bits per heavy atom. The summed E-state index contributed by atoms with van der Waals surface area (Å²) in [5.74, 6) is 0.271. The van der Waals surface area contributed by atoms with Crippen molar-refractivity contribution < 1.29 is 51.0 Å². The lowest BCUT2D eigenvalue weighted by molar-refractivity contribution is -0.131. The van der Waals surface area contributed by atoms with Crippen molar-refractivity contribution in [3.8, 4) is 0 Å². The van der Waals surface area contributed by atoms with E-state index in [4.69, 9.17) is 15.2 Å². The smallest absolute Gasteiger partial charge is 0.320 e. The Bertz CT molecular complexity index is 2130. The summed E-state index contributed by atoms with van der Waals surface area (Å²) in [5, 5.41) is 1.84. The normalized spacial score (nSPS) is 30.2. The standard InChI is InChI=1S/C26H32F3N3O4.C24H32FN3O3/c27-21-10-19(22(33)14-30-24(34)23(28)29)1-2-20(21)15-32(25(35)31-3-5-36-6-4-31)26-11-16-7-17(12-26)9-18(8-16)13-26;25-21-10-19(22(29)14-26)1-2-20(21)15-28(23(30)27-3-5-31-6-4-27)24-11-16-7-17(12-24)9-18(8-16)13-24/h1-2,10,16-18,23H,3-9,11-15H2,(H,30,34);1-2,10,16-18H,3-9,11-15,26H2. The van der Waals surface area contributed by atoms with Gasteiger partial charge < -0.3 is 40.1 Å². The van der Waals surface area contributed by atoms with Gasteiger partial charge in [-0.15, -0.1) is 0 Å². The van der Waals surface area contributed by atoms with Crippen LogP contribution in [-0.2, 0) is 27.4 Å². The summed E-state index contributed by atoms with van der Waals surface area (Å²) in [5.41, 5.74) is 5.99. The topological polar surface area (TPSA) is 155 Å².